The number of hydrogen-bond acceptors (Lipinski definition) is 3. The van der Waals surface area contributed by atoms with Crippen molar-refractivity contribution in [2.75, 3.05) is 0 Å². The fraction of sp³-hybridized carbons (Fsp3) is 0.643. The van der Waals surface area contributed by atoms with Gasteiger partial charge in [-0.3, -0.25) is 0 Å². The number of hydrogen-bond donors (Lipinski definition) is 2. The lowest BCUT2D eigenvalue weighted by molar-refractivity contribution is -0.0220. The zero-order valence-corrected chi connectivity index (χ0v) is 14.8. The third-order valence-corrected chi connectivity index (χ3v) is 5.08. The molecule has 0 saturated carbocycles. The molecule has 1 heterocycles. The predicted octanol–water partition coefficient (Wildman–Crippen LogP) is 3.16. The molecular formula is C14H20ClF3N2O2S. The van der Waals surface area contributed by atoms with E-state index in [0.29, 0.717) is 0 Å². The average molecular weight is 373 g/mol. The third kappa shape index (κ3) is 5.41. The number of aromatic nitrogens is 1. The van der Waals surface area contributed by atoms with E-state index >= 15 is 0 Å². The van der Waals surface area contributed by atoms with Crippen LogP contribution in [0.15, 0.2) is 12.1 Å². The highest BCUT2D eigenvalue weighted by Crippen LogP contribution is 2.31. The highest BCUT2D eigenvalue weighted by molar-refractivity contribution is 7.84. The first-order valence-corrected chi connectivity index (χ1v) is 8.38. The van der Waals surface area contributed by atoms with Crippen LogP contribution in [0.1, 0.15) is 39.8 Å². The lowest BCUT2D eigenvalue weighted by Gasteiger charge is -2.34. The van der Waals surface area contributed by atoms with Gasteiger partial charge in [-0.05, 0) is 39.8 Å². The monoisotopic (exact) mass is 372 g/mol. The number of aliphatic hydroxyl groups is 1. The molecule has 2 N–H and O–H groups in total. The molecule has 23 heavy (non-hydrogen) atoms. The standard InChI is InChI=1S/C14H20ClF3N2O2S/c1-13(2,3)23(22)20-14(4,7-9(21)12(17)18)11-8(16)5-6-10(15)19-11/h5-6,9,12,20-21H,7H2,1-4H3. The van der Waals surface area contributed by atoms with Crippen LogP contribution in [0.3, 0.4) is 0 Å². The van der Waals surface area contributed by atoms with Gasteiger partial charge in [-0.25, -0.2) is 27.1 Å². The van der Waals surface area contributed by atoms with Gasteiger partial charge in [0, 0.05) is 6.42 Å². The minimum absolute atomic E-state index is 0.0393. The number of aliphatic hydroxyl groups excluding tert-OH is 1. The molecule has 0 aliphatic heterocycles. The summed E-state index contributed by atoms with van der Waals surface area (Å²) in [6.07, 6.45) is -5.65. The first-order valence-electron chi connectivity index (χ1n) is 6.85. The van der Waals surface area contributed by atoms with Crippen LogP contribution in [0.4, 0.5) is 13.2 Å². The Bertz CT molecular complexity index is 584. The second-order valence-corrected chi connectivity index (χ2v) is 8.74. The van der Waals surface area contributed by atoms with Gasteiger partial charge in [-0.15, -0.1) is 0 Å². The topological polar surface area (TPSA) is 62.2 Å². The molecule has 3 atom stereocenters. The van der Waals surface area contributed by atoms with E-state index in [1.54, 1.807) is 20.8 Å². The molecule has 1 rings (SSSR count). The highest BCUT2D eigenvalue weighted by atomic mass is 35.5. The first-order chi connectivity index (χ1) is 10.4. The van der Waals surface area contributed by atoms with Crippen molar-refractivity contribution in [2.24, 2.45) is 0 Å². The summed E-state index contributed by atoms with van der Waals surface area (Å²) in [5, 5.41) is 9.49. The van der Waals surface area contributed by atoms with E-state index in [1.165, 1.54) is 13.0 Å². The lowest BCUT2D eigenvalue weighted by Crippen LogP contribution is -2.49. The molecule has 0 aliphatic rings. The van der Waals surface area contributed by atoms with Crippen LogP contribution in [-0.4, -0.2) is 31.6 Å². The van der Waals surface area contributed by atoms with E-state index in [1.807, 2.05) is 0 Å². The molecule has 4 nitrogen and oxygen atoms in total. The van der Waals surface area contributed by atoms with E-state index < -0.39 is 46.0 Å². The van der Waals surface area contributed by atoms with E-state index in [9.17, 15) is 22.5 Å². The molecule has 0 aromatic carbocycles. The summed E-state index contributed by atoms with van der Waals surface area (Å²) in [4.78, 5) is 3.83. The van der Waals surface area contributed by atoms with Gasteiger partial charge in [-0.2, -0.15) is 0 Å². The number of nitrogens with zero attached hydrogens (tertiary/aromatic N) is 1. The molecule has 0 fully saturated rings. The molecule has 0 radical (unpaired) electrons. The highest BCUT2D eigenvalue weighted by Gasteiger charge is 2.39. The zero-order chi connectivity index (χ0) is 18.0. The van der Waals surface area contributed by atoms with Crippen molar-refractivity contribution in [3.05, 3.63) is 28.8 Å². The van der Waals surface area contributed by atoms with E-state index in [2.05, 4.69) is 9.71 Å². The van der Waals surface area contributed by atoms with Crippen LogP contribution in [0.2, 0.25) is 5.15 Å². The fourth-order valence-electron chi connectivity index (χ4n) is 1.86. The smallest absolute Gasteiger partial charge is 0.264 e. The summed E-state index contributed by atoms with van der Waals surface area (Å²) < 4.78 is 53.8. The molecule has 9 heteroatoms. The van der Waals surface area contributed by atoms with Gasteiger partial charge in [0.2, 0.25) is 0 Å². The quantitative estimate of drug-likeness (QED) is 0.754. The summed E-state index contributed by atoms with van der Waals surface area (Å²) >= 11 is 5.76. The van der Waals surface area contributed by atoms with Crippen LogP contribution in [-0.2, 0) is 16.5 Å². The van der Waals surface area contributed by atoms with Crippen molar-refractivity contribution < 1.29 is 22.5 Å². The van der Waals surface area contributed by atoms with Gasteiger partial charge in [-0.1, -0.05) is 11.6 Å². The molecule has 0 amide bonds. The van der Waals surface area contributed by atoms with Crippen molar-refractivity contribution in [1.29, 1.82) is 0 Å². The zero-order valence-electron chi connectivity index (χ0n) is 13.2. The number of rotatable bonds is 6. The van der Waals surface area contributed by atoms with Crippen molar-refractivity contribution in [3.63, 3.8) is 0 Å². The molecule has 0 bridgehead atoms. The van der Waals surface area contributed by atoms with Crippen molar-refractivity contribution in [2.45, 2.75) is 56.9 Å². The maximum absolute atomic E-state index is 14.1. The summed E-state index contributed by atoms with van der Waals surface area (Å²) in [6.45, 7) is 6.36. The fourth-order valence-corrected chi connectivity index (χ4v) is 2.90. The van der Waals surface area contributed by atoms with Gasteiger partial charge in [0.1, 0.15) is 17.1 Å². The van der Waals surface area contributed by atoms with E-state index in [4.69, 9.17) is 11.6 Å². The molecule has 1 aromatic heterocycles. The van der Waals surface area contributed by atoms with Crippen molar-refractivity contribution >= 4 is 22.6 Å². The lowest BCUT2D eigenvalue weighted by atomic mass is 9.91. The Kier molecular flexibility index (Phi) is 6.60. The minimum Gasteiger partial charge on any atom is -0.387 e. The summed E-state index contributed by atoms with van der Waals surface area (Å²) in [7, 11) is -1.71. The van der Waals surface area contributed by atoms with Crippen LogP contribution >= 0.6 is 11.6 Å². The van der Waals surface area contributed by atoms with Gasteiger partial charge >= 0.3 is 0 Å². The second kappa shape index (κ2) is 7.46. The van der Waals surface area contributed by atoms with Gasteiger partial charge in [0.25, 0.3) is 6.43 Å². The van der Waals surface area contributed by atoms with E-state index in [-0.39, 0.29) is 10.8 Å². The first kappa shape index (κ1) is 20.3. The number of halogens is 4. The van der Waals surface area contributed by atoms with Gasteiger partial charge in [0.05, 0.1) is 27.0 Å². The Morgan fingerprint density at radius 1 is 1.35 bits per heavy atom. The van der Waals surface area contributed by atoms with Crippen LogP contribution in [0.25, 0.3) is 0 Å². The largest absolute Gasteiger partial charge is 0.387 e. The molecule has 132 valence electrons. The SMILES string of the molecule is CC(CC(O)C(F)F)(NS(=O)C(C)(C)C)c1nc(Cl)ccc1F. The summed E-state index contributed by atoms with van der Waals surface area (Å²) in [5.74, 6) is -0.795. The maximum Gasteiger partial charge on any atom is 0.264 e. The van der Waals surface area contributed by atoms with Crippen LogP contribution < -0.4 is 4.72 Å². The van der Waals surface area contributed by atoms with Crippen molar-refractivity contribution in [3.8, 4) is 0 Å². The summed E-state index contributed by atoms with van der Waals surface area (Å²) in [6, 6.07) is 2.25. The minimum atomic E-state index is -3.03. The Labute approximate surface area is 141 Å². The molecule has 0 spiro atoms. The normalized spacial score (nSPS) is 17.8. The number of pyridine rings is 1. The number of alkyl halides is 2. The predicted molar refractivity (Wildman–Crippen MR) is 84.2 cm³/mol. The Balaban J connectivity index is 3.30. The number of nitrogens with one attached hydrogen (secondary N) is 1. The molecule has 1 aromatic rings. The summed E-state index contributed by atoms with van der Waals surface area (Å²) in [5.41, 5.74) is -1.87. The van der Waals surface area contributed by atoms with Gasteiger partial charge in [0.15, 0.2) is 0 Å². The Morgan fingerprint density at radius 3 is 2.39 bits per heavy atom. The van der Waals surface area contributed by atoms with Crippen LogP contribution in [0, 0.1) is 5.82 Å². The molecule has 0 aliphatic carbocycles. The van der Waals surface area contributed by atoms with E-state index in [0.717, 1.165) is 6.07 Å². The Hall–Kier alpha value is -0.700. The molecular weight excluding hydrogens is 353 g/mol. The third-order valence-electron chi connectivity index (χ3n) is 3.12. The van der Waals surface area contributed by atoms with Crippen molar-refractivity contribution in [1.82, 2.24) is 9.71 Å². The van der Waals surface area contributed by atoms with Crippen LogP contribution in [0.5, 0.6) is 0 Å². The molecule has 0 saturated heterocycles. The second-order valence-electron chi connectivity index (χ2n) is 6.39. The maximum atomic E-state index is 14.1. The Morgan fingerprint density at radius 2 is 1.91 bits per heavy atom. The average Bonchev–Trinajstić information content (AvgIpc) is 2.40. The van der Waals surface area contributed by atoms with Gasteiger partial charge < -0.3 is 5.11 Å². The molecule has 3 unspecified atom stereocenters.